The molecule has 0 radical (unpaired) electrons. The number of nitrogens with one attached hydrogen (secondary N) is 2. The number of aromatic nitrogens is 4. The van der Waals surface area contributed by atoms with Crippen molar-refractivity contribution in [2.75, 3.05) is 17.2 Å². The van der Waals surface area contributed by atoms with Gasteiger partial charge in [0.2, 0.25) is 11.9 Å². The Morgan fingerprint density at radius 1 is 1.09 bits per heavy atom. The first-order valence-electron chi connectivity index (χ1n) is 10.6. The summed E-state index contributed by atoms with van der Waals surface area (Å²) in [4.78, 5) is 10.4. The Morgan fingerprint density at radius 2 is 1.88 bits per heavy atom. The van der Waals surface area contributed by atoms with E-state index in [2.05, 4.69) is 81.3 Å². The zero-order valence-corrected chi connectivity index (χ0v) is 19.2. The Balaban J connectivity index is 1.60. The fraction of sp³-hybridized carbons (Fsp3) is 0.348. The van der Waals surface area contributed by atoms with Crippen molar-refractivity contribution in [3.05, 3.63) is 59.1 Å². The number of nitrogens with zero attached hydrogens (tertiary/aromatic N) is 4. The summed E-state index contributed by atoms with van der Waals surface area (Å²) in [5, 5.41) is 32.4. The SMILES string of the molecule is CC(C)c1cnn2c(NCc3ccc(-c4cccs4)cc3)nc(N[C@H](CO)[C@@H](C)O)nc12. The number of thiophene rings is 1. The molecule has 3 heterocycles. The summed E-state index contributed by atoms with van der Waals surface area (Å²) in [5.41, 5.74) is 3.99. The summed E-state index contributed by atoms with van der Waals surface area (Å²) < 4.78 is 1.69. The van der Waals surface area contributed by atoms with Crippen molar-refractivity contribution in [3.63, 3.8) is 0 Å². The van der Waals surface area contributed by atoms with Gasteiger partial charge in [0.1, 0.15) is 0 Å². The van der Waals surface area contributed by atoms with Crippen molar-refractivity contribution >= 4 is 28.9 Å². The zero-order valence-electron chi connectivity index (χ0n) is 18.4. The standard InChI is InChI=1S/C23H28N6O2S/c1-14(2)18-12-25-29-21(18)27-22(26-19(13-30)15(3)31)28-23(29)24-11-16-6-8-17(9-7-16)20-5-4-10-32-20/h4-10,12,14-15,19,30-31H,11,13H2,1-3H3,(H2,24,26,27,28)/t15-,19-/m1/s1. The van der Waals surface area contributed by atoms with Gasteiger partial charge < -0.3 is 20.8 Å². The van der Waals surface area contributed by atoms with Crippen molar-refractivity contribution in [1.29, 1.82) is 0 Å². The number of rotatable bonds is 9. The lowest BCUT2D eigenvalue weighted by Gasteiger charge is -2.19. The number of fused-ring (bicyclic) bond motifs is 1. The number of aliphatic hydroxyl groups excluding tert-OH is 2. The van der Waals surface area contributed by atoms with Crippen LogP contribution in [0.1, 0.15) is 37.8 Å². The maximum absolute atomic E-state index is 9.89. The second-order valence-electron chi connectivity index (χ2n) is 8.06. The molecule has 0 saturated carbocycles. The van der Waals surface area contributed by atoms with Gasteiger partial charge in [-0.2, -0.15) is 19.6 Å². The van der Waals surface area contributed by atoms with Crippen LogP contribution in [-0.4, -0.2) is 48.5 Å². The van der Waals surface area contributed by atoms with Gasteiger partial charge in [0, 0.05) is 17.0 Å². The summed E-state index contributed by atoms with van der Waals surface area (Å²) in [6.07, 6.45) is 1.05. The monoisotopic (exact) mass is 452 g/mol. The van der Waals surface area contributed by atoms with Crippen LogP contribution in [0.4, 0.5) is 11.9 Å². The van der Waals surface area contributed by atoms with Crippen molar-refractivity contribution < 1.29 is 10.2 Å². The number of hydrogen-bond acceptors (Lipinski definition) is 8. The Morgan fingerprint density at radius 3 is 2.50 bits per heavy atom. The number of anilines is 2. The minimum absolute atomic E-state index is 0.234. The van der Waals surface area contributed by atoms with Crippen LogP contribution >= 0.6 is 11.3 Å². The minimum atomic E-state index is -0.757. The van der Waals surface area contributed by atoms with Gasteiger partial charge >= 0.3 is 0 Å². The van der Waals surface area contributed by atoms with Gasteiger partial charge in [0.05, 0.1) is 24.9 Å². The highest BCUT2D eigenvalue weighted by atomic mass is 32.1. The quantitative estimate of drug-likeness (QED) is 0.306. The minimum Gasteiger partial charge on any atom is -0.394 e. The molecule has 9 heteroatoms. The topological polar surface area (TPSA) is 108 Å². The largest absolute Gasteiger partial charge is 0.394 e. The molecular formula is C23H28N6O2S. The van der Waals surface area contributed by atoms with Crippen LogP contribution in [0.3, 0.4) is 0 Å². The van der Waals surface area contributed by atoms with Gasteiger partial charge in [-0.3, -0.25) is 0 Å². The molecule has 0 amide bonds. The van der Waals surface area contributed by atoms with Crippen LogP contribution in [0.15, 0.2) is 48.0 Å². The normalized spacial score (nSPS) is 13.4. The molecule has 8 nitrogen and oxygen atoms in total. The van der Waals surface area contributed by atoms with Crippen molar-refractivity contribution in [2.24, 2.45) is 0 Å². The molecule has 0 aliphatic rings. The third-order valence-electron chi connectivity index (χ3n) is 5.32. The molecule has 0 fully saturated rings. The van der Waals surface area contributed by atoms with E-state index in [0.717, 1.165) is 11.1 Å². The van der Waals surface area contributed by atoms with E-state index in [9.17, 15) is 10.2 Å². The molecule has 2 atom stereocenters. The molecule has 32 heavy (non-hydrogen) atoms. The molecule has 168 valence electrons. The Bertz CT molecular complexity index is 1160. The molecule has 1 aromatic carbocycles. The molecule has 0 unspecified atom stereocenters. The average molecular weight is 453 g/mol. The highest BCUT2D eigenvalue weighted by Gasteiger charge is 2.19. The van der Waals surface area contributed by atoms with E-state index >= 15 is 0 Å². The third kappa shape index (κ3) is 4.74. The first-order valence-corrected chi connectivity index (χ1v) is 11.5. The van der Waals surface area contributed by atoms with Crippen molar-refractivity contribution in [1.82, 2.24) is 19.6 Å². The summed E-state index contributed by atoms with van der Waals surface area (Å²) in [5.74, 6) is 1.10. The fourth-order valence-corrected chi connectivity index (χ4v) is 4.11. The molecule has 4 rings (SSSR count). The van der Waals surface area contributed by atoms with E-state index in [-0.39, 0.29) is 12.5 Å². The summed E-state index contributed by atoms with van der Waals surface area (Å²) in [7, 11) is 0. The molecule has 4 aromatic rings. The van der Waals surface area contributed by atoms with E-state index in [0.29, 0.717) is 24.1 Å². The Kier molecular flexibility index (Phi) is 6.69. The van der Waals surface area contributed by atoms with Crippen LogP contribution in [0, 0.1) is 0 Å². The van der Waals surface area contributed by atoms with Crippen LogP contribution in [-0.2, 0) is 6.54 Å². The first-order chi connectivity index (χ1) is 15.5. The first kappa shape index (κ1) is 22.2. The average Bonchev–Trinajstić information content (AvgIpc) is 3.46. The summed E-state index contributed by atoms with van der Waals surface area (Å²) in [6, 6.07) is 12.0. The van der Waals surface area contributed by atoms with E-state index in [1.807, 2.05) is 0 Å². The molecule has 0 spiro atoms. The van der Waals surface area contributed by atoms with Gasteiger partial charge in [-0.05, 0) is 35.4 Å². The number of hydrogen-bond donors (Lipinski definition) is 4. The summed E-state index contributed by atoms with van der Waals surface area (Å²) >= 11 is 1.72. The molecule has 0 bridgehead atoms. The zero-order chi connectivity index (χ0) is 22.7. The lowest BCUT2D eigenvalue weighted by molar-refractivity contribution is 0.132. The van der Waals surface area contributed by atoms with Gasteiger partial charge in [-0.1, -0.05) is 44.2 Å². The maximum atomic E-state index is 9.89. The molecule has 4 N–H and O–H groups in total. The van der Waals surface area contributed by atoms with E-state index < -0.39 is 12.1 Å². The van der Waals surface area contributed by atoms with E-state index in [1.54, 1.807) is 29.0 Å². The molecule has 0 aliphatic heterocycles. The molecule has 0 aliphatic carbocycles. The summed E-state index contributed by atoms with van der Waals surface area (Å²) in [6.45, 7) is 6.11. The van der Waals surface area contributed by atoms with Gasteiger partial charge in [-0.15, -0.1) is 11.3 Å². The van der Waals surface area contributed by atoms with E-state index in [4.69, 9.17) is 0 Å². The highest BCUT2D eigenvalue weighted by Crippen LogP contribution is 2.25. The predicted octanol–water partition coefficient (Wildman–Crippen LogP) is 3.74. The van der Waals surface area contributed by atoms with Gasteiger partial charge in [0.25, 0.3) is 0 Å². The Labute approximate surface area is 191 Å². The van der Waals surface area contributed by atoms with Crippen LogP contribution in [0.5, 0.6) is 0 Å². The second kappa shape index (κ2) is 9.64. The lowest BCUT2D eigenvalue weighted by Crippen LogP contribution is -2.35. The lowest BCUT2D eigenvalue weighted by atomic mass is 10.1. The number of benzene rings is 1. The molecule has 3 aromatic heterocycles. The number of aliphatic hydroxyl groups is 2. The highest BCUT2D eigenvalue weighted by molar-refractivity contribution is 7.13. The van der Waals surface area contributed by atoms with Crippen molar-refractivity contribution in [2.45, 2.75) is 45.4 Å². The maximum Gasteiger partial charge on any atom is 0.229 e. The van der Waals surface area contributed by atoms with Crippen LogP contribution in [0.25, 0.3) is 16.1 Å². The van der Waals surface area contributed by atoms with Gasteiger partial charge in [0.15, 0.2) is 5.65 Å². The van der Waals surface area contributed by atoms with Crippen molar-refractivity contribution in [3.8, 4) is 10.4 Å². The van der Waals surface area contributed by atoms with E-state index in [1.165, 1.54) is 10.4 Å². The predicted molar refractivity (Wildman–Crippen MR) is 128 cm³/mol. The smallest absolute Gasteiger partial charge is 0.229 e. The molecule has 0 saturated heterocycles. The Hall–Kier alpha value is -3.01. The second-order valence-corrected chi connectivity index (χ2v) is 9.01. The van der Waals surface area contributed by atoms with Gasteiger partial charge in [-0.25, -0.2) is 0 Å². The third-order valence-corrected chi connectivity index (χ3v) is 6.24. The van der Waals surface area contributed by atoms with Crippen LogP contribution in [0.2, 0.25) is 0 Å². The van der Waals surface area contributed by atoms with Crippen LogP contribution < -0.4 is 10.6 Å². The fourth-order valence-electron chi connectivity index (χ4n) is 3.38. The molecular weight excluding hydrogens is 424 g/mol.